The second-order valence-electron chi connectivity index (χ2n) is 4.86. The molecule has 2 heterocycles. The van der Waals surface area contributed by atoms with E-state index in [1.807, 2.05) is 13.1 Å². The van der Waals surface area contributed by atoms with Crippen LogP contribution in [0.5, 0.6) is 5.75 Å². The van der Waals surface area contributed by atoms with Crippen molar-refractivity contribution in [2.24, 2.45) is 7.05 Å². The quantitative estimate of drug-likeness (QED) is 0.872. The summed E-state index contributed by atoms with van der Waals surface area (Å²) < 4.78 is 7.34. The SMILES string of the molecule is Cc1c(-c2cnn(C)c2N)cc(Cl)c2c1CCCO2. The van der Waals surface area contributed by atoms with Gasteiger partial charge in [0.1, 0.15) is 11.6 Å². The van der Waals surface area contributed by atoms with Crippen molar-refractivity contribution in [1.82, 2.24) is 9.78 Å². The summed E-state index contributed by atoms with van der Waals surface area (Å²) in [7, 11) is 1.83. The molecule has 3 rings (SSSR count). The summed E-state index contributed by atoms with van der Waals surface area (Å²) in [5, 5.41) is 4.84. The second kappa shape index (κ2) is 4.46. The fourth-order valence-electron chi connectivity index (χ4n) is 2.59. The summed E-state index contributed by atoms with van der Waals surface area (Å²) in [5.41, 5.74) is 10.4. The van der Waals surface area contributed by atoms with Gasteiger partial charge in [-0.25, -0.2) is 0 Å². The molecule has 0 saturated carbocycles. The first-order valence-corrected chi connectivity index (χ1v) is 6.70. The maximum atomic E-state index is 6.34. The highest BCUT2D eigenvalue weighted by atomic mass is 35.5. The van der Waals surface area contributed by atoms with Gasteiger partial charge in [0.2, 0.25) is 0 Å². The third-order valence-electron chi connectivity index (χ3n) is 3.71. The fraction of sp³-hybridized carbons (Fsp3) is 0.357. The van der Waals surface area contributed by atoms with Gasteiger partial charge in [-0.2, -0.15) is 5.10 Å². The number of fused-ring (bicyclic) bond motifs is 1. The van der Waals surface area contributed by atoms with E-state index in [9.17, 15) is 0 Å². The molecule has 0 saturated heterocycles. The number of hydrogen-bond donors (Lipinski definition) is 1. The number of ether oxygens (including phenoxy) is 1. The predicted molar refractivity (Wildman–Crippen MR) is 76.6 cm³/mol. The van der Waals surface area contributed by atoms with Crippen molar-refractivity contribution in [3.8, 4) is 16.9 Å². The van der Waals surface area contributed by atoms with Gasteiger partial charge in [-0.15, -0.1) is 0 Å². The topological polar surface area (TPSA) is 53.1 Å². The monoisotopic (exact) mass is 277 g/mol. The summed E-state index contributed by atoms with van der Waals surface area (Å²) in [5.74, 6) is 1.48. The Morgan fingerprint density at radius 3 is 2.89 bits per heavy atom. The molecule has 1 aromatic carbocycles. The van der Waals surface area contributed by atoms with Gasteiger partial charge in [-0.3, -0.25) is 4.68 Å². The number of halogens is 1. The molecule has 0 aliphatic carbocycles. The molecular weight excluding hydrogens is 262 g/mol. The molecule has 4 nitrogen and oxygen atoms in total. The first-order valence-electron chi connectivity index (χ1n) is 6.32. The Morgan fingerprint density at radius 2 is 2.21 bits per heavy atom. The molecule has 100 valence electrons. The van der Waals surface area contributed by atoms with Gasteiger partial charge in [0.25, 0.3) is 0 Å². The van der Waals surface area contributed by atoms with Gasteiger partial charge in [0.05, 0.1) is 17.8 Å². The minimum Gasteiger partial charge on any atom is -0.492 e. The molecular formula is C14H16ClN3O. The molecule has 0 radical (unpaired) electrons. The van der Waals surface area contributed by atoms with Crippen LogP contribution in [0.4, 0.5) is 5.82 Å². The van der Waals surface area contributed by atoms with Crippen LogP contribution in [0.1, 0.15) is 17.5 Å². The van der Waals surface area contributed by atoms with E-state index in [0.29, 0.717) is 10.8 Å². The Bertz CT molecular complexity index is 649. The lowest BCUT2D eigenvalue weighted by atomic mass is 9.93. The van der Waals surface area contributed by atoms with Crippen LogP contribution in [0.15, 0.2) is 12.3 Å². The Kier molecular flexibility index (Phi) is 2.90. The van der Waals surface area contributed by atoms with E-state index in [2.05, 4.69) is 12.0 Å². The van der Waals surface area contributed by atoms with Crippen molar-refractivity contribution in [2.45, 2.75) is 19.8 Å². The normalized spacial score (nSPS) is 14.1. The zero-order valence-corrected chi connectivity index (χ0v) is 11.8. The van der Waals surface area contributed by atoms with Crippen LogP contribution in [0.3, 0.4) is 0 Å². The van der Waals surface area contributed by atoms with E-state index in [-0.39, 0.29) is 0 Å². The lowest BCUT2D eigenvalue weighted by molar-refractivity contribution is 0.288. The summed E-state index contributed by atoms with van der Waals surface area (Å²) in [6.45, 7) is 2.83. The van der Waals surface area contributed by atoms with E-state index in [4.69, 9.17) is 22.1 Å². The Morgan fingerprint density at radius 1 is 1.42 bits per heavy atom. The van der Waals surface area contributed by atoms with Crippen LogP contribution < -0.4 is 10.5 Å². The van der Waals surface area contributed by atoms with Crippen molar-refractivity contribution < 1.29 is 4.74 Å². The molecule has 0 unspecified atom stereocenters. The number of nitrogen functional groups attached to an aromatic ring is 1. The van der Waals surface area contributed by atoms with Gasteiger partial charge in [0.15, 0.2) is 0 Å². The minimum absolute atomic E-state index is 0.649. The first kappa shape index (κ1) is 12.4. The largest absolute Gasteiger partial charge is 0.492 e. The summed E-state index contributed by atoms with van der Waals surface area (Å²) in [6.07, 6.45) is 3.80. The molecule has 2 aromatic rings. The predicted octanol–water partition coefficient (Wildman–Crippen LogP) is 2.96. The van der Waals surface area contributed by atoms with Crippen molar-refractivity contribution in [2.75, 3.05) is 12.3 Å². The summed E-state index contributed by atoms with van der Waals surface area (Å²) >= 11 is 6.34. The zero-order valence-electron chi connectivity index (χ0n) is 11.0. The van der Waals surface area contributed by atoms with E-state index in [1.165, 1.54) is 11.1 Å². The van der Waals surface area contributed by atoms with Crippen molar-refractivity contribution in [1.29, 1.82) is 0 Å². The lowest BCUT2D eigenvalue weighted by Crippen LogP contribution is -2.11. The molecule has 19 heavy (non-hydrogen) atoms. The Hall–Kier alpha value is -1.68. The first-order chi connectivity index (χ1) is 9.09. The zero-order chi connectivity index (χ0) is 13.6. The third kappa shape index (κ3) is 1.87. The molecule has 0 fully saturated rings. The second-order valence-corrected chi connectivity index (χ2v) is 5.26. The molecule has 0 spiro atoms. The maximum absolute atomic E-state index is 6.34. The maximum Gasteiger partial charge on any atom is 0.141 e. The molecule has 5 heteroatoms. The summed E-state index contributed by atoms with van der Waals surface area (Å²) in [6, 6.07) is 1.93. The summed E-state index contributed by atoms with van der Waals surface area (Å²) in [4.78, 5) is 0. The standard InChI is InChI=1S/C14H16ClN3O/c1-8-9-4-3-5-19-13(9)12(15)6-10(8)11-7-17-18(2)14(11)16/h6-7H,3-5,16H2,1-2H3. The highest BCUT2D eigenvalue weighted by Crippen LogP contribution is 2.41. The van der Waals surface area contributed by atoms with Crippen molar-refractivity contribution in [3.63, 3.8) is 0 Å². The van der Waals surface area contributed by atoms with Crippen molar-refractivity contribution in [3.05, 3.63) is 28.4 Å². The van der Waals surface area contributed by atoms with Gasteiger partial charge >= 0.3 is 0 Å². The van der Waals surface area contributed by atoms with Gasteiger partial charge in [-0.1, -0.05) is 11.6 Å². The van der Waals surface area contributed by atoms with Crippen LogP contribution in [-0.2, 0) is 13.5 Å². The molecule has 1 aliphatic rings. The smallest absolute Gasteiger partial charge is 0.141 e. The number of hydrogen-bond acceptors (Lipinski definition) is 3. The van der Waals surface area contributed by atoms with Crippen molar-refractivity contribution >= 4 is 17.4 Å². The van der Waals surface area contributed by atoms with Gasteiger partial charge in [0, 0.05) is 12.6 Å². The van der Waals surface area contributed by atoms with Gasteiger partial charge in [-0.05, 0) is 42.5 Å². The average molecular weight is 278 g/mol. The third-order valence-corrected chi connectivity index (χ3v) is 3.99. The van der Waals surface area contributed by atoms with E-state index < -0.39 is 0 Å². The Balaban J connectivity index is 2.23. The minimum atomic E-state index is 0.649. The molecule has 0 bridgehead atoms. The molecule has 0 amide bonds. The number of nitrogens with two attached hydrogens (primary N) is 1. The highest BCUT2D eigenvalue weighted by molar-refractivity contribution is 6.32. The number of benzene rings is 1. The van der Waals surface area contributed by atoms with Crippen LogP contribution in [0.2, 0.25) is 5.02 Å². The lowest BCUT2D eigenvalue weighted by Gasteiger charge is -2.22. The molecule has 1 aromatic heterocycles. The van der Waals surface area contributed by atoms with Crippen LogP contribution in [-0.4, -0.2) is 16.4 Å². The van der Waals surface area contributed by atoms with E-state index in [1.54, 1.807) is 10.9 Å². The number of nitrogens with zero attached hydrogens (tertiary/aromatic N) is 2. The average Bonchev–Trinajstić information content (AvgIpc) is 2.75. The Labute approximate surface area is 117 Å². The van der Waals surface area contributed by atoms with Crippen LogP contribution in [0, 0.1) is 6.92 Å². The van der Waals surface area contributed by atoms with Crippen LogP contribution >= 0.6 is 11.6 Å². The van der Waals surface area contributed by atoms with E-state index >= 15 is 0 Å². The molecule has 1 aliphatic heterocycles. The number of aryl methyl sites for hydroxylation is 1. The van der Waals surface area contributed by atoms with E-state index in [0.717, 1.165) is 36.3 Å². The number of aromatic nitrogens is 2. The number of anilines is 1. The van der Waals surface area contributed by atoms with Crippen LogP contribution in [0.25, 0.3) is 11.1 Å². The molecule has 2 N–H and O–H groups in total. The fourth-order valence-corrected chi connectivity index (χ4v) is 2.87. The van der Waals surface area contributed by atoms with Gasteiger partial charge < -0.3 is 10.5 Å². The highest BCUT2D eigenvalue weighted by Gasteiger charge is 2.21. The molecule has 0 atom stereocenters. The number of rotatable bonds is 1.